The molecule has 3 nitrogen and oxygen atoms in total. The van der Waals surface area contributed by atoms with Gasteiger partial charge in [-0.3, -0.25) is 4.79 Å². The van der Waals surface area contributed by atoms with Crippen LogP contribution in [0.2, 0.25) is 0 Å². The van der Waals surface area contributed by atoms with Crippen LogP contribution >= 0.6 is 0 Å². The smallest absolute Gasteiger partial charge is 0.310 e. The quantitative estimate of drug-likeness (QED) is 0.731. The number of carboxylic acids is 1. The lowest BCUT2D eigenvalue weighted by Crippen LogP contribution is -2.52. The van der Waals surface area contributed by atoms with Crippen LogP contribution in [0, 0.1) is 5.41 Å². The van der Waals surface area contributed by atoms with Crippen molar-refractivity contribution in [1.82, 2.24) is 5.32 Å². The number of rotatable bonds is 3. The molecule has 0 aromatic rings. The lowest BCUT2D eigenvalue weighted by molar-refractivity contribution is -0.151. The molecule has 1 aliphatic rings. The molecular weight excluding hydrogens is 178 g/mol. The van der Waals surface area contributed by atoms with Crippen molar-refractivity contribution < 1.29 is 9.90 Å². The highest BCUT2D eigenvalue weighted by Gasteiger charge is 2.42. The van der Waals surface area contributed by atoms with Crippen LogP contribution in [-0.2, 0) is 4.79 Å². The third-order valence-corrected chi connectivity index (χ3v) is 3.23. The minimum atomic E-state index is -0.657. The lowest BCUT2D eigenvalue weighted by atomic mass is 9.71. The monoisotopic (exact) mass is 199 g/mol. The molecule has 0 spiro atoms. The van der Waals surface area contributed by atoms with E-state index in [2.05, 4.69) is 19.2 Å². The molecule has 0 aromatic heterocycles. The Morgan fingerprint density at radius 1 is 1.50 bits per heavy atom. The highest BCUT2D eigenvalue weighted by atomic mass is 16.4. The summed E-state index contributed by atoms with van der Waals surface area (Å²) in [5.74, 6) is -0.657. The summed E-state index contributed by atoms with van der Waals surface area (Å²) >= 11 is 0. The number of aliphatic carboxylic acids is 1. The van der Waals surface area contributed by atoms with Gasteiger partial charge in [-0.25, -0.2) is 0 Å². The molecule has 14 heavy (non-hydrogen) atoms. The van der Waals surface area contributed by atoms with Crippen LogP contribution in [0.4, 0.5) is 0 Å². The predicted molar refractivity (Wildman–Crippen MR) is 56.3 cm³/mol. The van der Waals surface area contributed by atoms with E-state index in [1.54, 1.807) is 0 Å². The van der Waals surface area contributed by atoms with Crippen molar-refractivity contribution in [2.75, 3.05) is 0 Å². The second-order valence-corrected chi connectivity index (χ2v) is 4.84. The fourth-order valence-corrected chi connectivity index (χ4v) is 2.26. The molecule has 0 radical (unpaired) electrons. The van der Waals surface area contributed by atoms with E-state index in [9.17, 15) is 9.90 Å². The van der Waals surface area contributed by atoms with Gasteiger partial charge in [-0.2, -0.15) is 0 Å². The second-order valence-electron chi connectivity index (χ2n) is 4.84. The van der Waals surface area contributed by atoms with Crippen LogP contribution in [0.15, 0.2) is 0 Å². The number of nitrogens with one attached hydrogen (secondary N) is 1. The van der Waals surface area contributed by atoms with Gasteiger partial charge in [0, 0.05) is 12.1 Å². The third-order valence-electron chi connectivity index (χ3n) is 3.23. The van der Waals surface area contributed by atoms with Crippen molar-refractivity contribution in [3.63, 3.8) is 0 Å². The Bertz CT molecular complexity index is 215. The molecule has 0 heterocycles. The molecule has 82 valence electrons. The molecule has 2 unspecified atom stereocenters. The summed E-state index contributed by atoms with van der Waals surface area (Å²) in [6.45, 7) is 6.00. The molecule has 0 aliphatic heterocycles. The Kier molecular flexibility index (Phi) is 3.53. The van der Waals surface area contributed by atoms with Crippen LogP contribution in [0.3, 0.4) is 0 Å². The first-order valence-corrected chi connectivity index (χ1v) is 5.46. The van der Waals surface area contributed by atoms with E-state index < -0.39 is 11.4 Å². The maximum atomic E-state index is 11.2. The molecule has 1 rings (SSSR count). The first-order valence-electron chi connectivity index (χ1n) is 5.46. The van der Waals surface area contributed by atoms with Gasteiger partial charge in [0.05, 0.1) is 5.41 Å². The first-order chi connectivity index (χ1) is 6.47. The Morgan fingerprint density at radius 2 is 2.14 bits per heavy atom. The van der Waals surface area contributed by atoms with Crippen LogP contribution in [0.25, 0.3) is 0 Å². The standard InChI is InChI=1S/C11H21NO2/c1-8(2)12-9-6-4-5-7-11(9,3)10(13)14/h8-9,12H,4-7H2,1-3H3,(H,13,14). The average molecular weight is 199 g/mol. The van der Waals surface area contributed by atoms with E-state index in [0.717, 1.165) is 25.7 Å². The summed E-state index contributed by atoms with van der Waals surface area (Å²) in [6, 6.07) is 0.491. The van der Waals surface area contributed by atoms with Crippen molar-refractivity contribution >= 4 is 5.97 Å². The van der Waals surface area contributed by atoms with E-state index in [0.29, 0.717) is 6.04 Å². The minimum Gasteiger partial charge on any atom is -0.481 e. The summed E-state index contributed by atoms with van der Waals surface area (Å²) in [6.07, 6.45) is 3.97. The lowest BCUT2D eigenvalue weighted by Gasteiger charge is -2.39. The van der Waals surface area contributed by atoms with Gasteiger partial charge in [0.15, 0.2) is 0 Å². The zero-order valence-corrected chi connectivity index (χ0v) is 9.34. The molecule has 3 heteroatoms. The van der Waals surface area contributed by atoms with Crippen LogP contribution in [0.1, 0.15) is 46.5 Å². The molecule has 2 N–H and O–H groups in total. The van der Waals surface area contributed by atoms with Gasteiger partial charge in [0.1, 0.15) is 0 Å². The zero-order chi connectivity index (χ0) is 10.8. The largest absolute Gasteiger partial charge is 0.481 e. The normalized spacial score (nSPS) is 33.3. The van der Waals surface area contributed by atoms with Crippen LogP contribution < -0.4 is 5.32 Å². The van der Waals surface area contributed by atoms with Gasteiger partial charge in [-0.15, -0.1) is 0 Å². The predicted octanol–water partition coefficient (Wildman–Crippen LogP) is 2.02. The first kappa shape index (κ1) is 11.5. The Labute approximate surface area is 85.9 Å². The summed E-state index contributed by atoms with van der Waals surface area (Å²) in [7, 11) is 0. The van der Waals surface area contributed by atoms with Gasteiger partial charge in [-0.05, 0) is 19.8 Å². The van der Waals surface area contributed by atoms with Gasteiger partial charge in [0.25, 0.3) is 0 Å². The van der Waals surface area contributed by atoms with Gasteiger partial charge in [0.2, 0.25) is 0 Å². The fourth-order valence-electron chi connectivity index (χ4n) is 2.26. The maximum absolute atomic E-state index is 11.2. The maximum Gasteiger partial charge on any atom is 0.310 e. The molecule has 1 fully saturated rings. The van der Waals surface area contributed by atoms with Crippen molar-refractivity contribution in [1.29, 1.82) is 0 Å². The molecule has 0 aromatic carbocycles. The van der Waals surface area contributed by atoms with Gasteiger partial charge in [-0.1, -0.05) is 26.7 Å². The molecular formula is C11H21NO2. The molecule has 1 saturated carbocycles. The molecule has 1 aliphatic carbocycles. The Hall–Kier alpha value is -0.570. The number of hydrogen-bond donors (Lipinski definition) is 2. The zero-order valence-electron chi connectivity index (χ0n) is 9.34. The molecule has 2 atom stereocenters. The molecule has 0 bridgehead atoms. The third kappa shape index (κ3) is 2.27. The minimum absolute atomic E-state index is 0.133. The van der Waals surface area contributed by atoms with Crippen molar-refractivity contribution in [2.45, 2.75) is 58.5 Å². The van der Waals surface area contributed by atoms with E-state index in [1.165, 1.54) is 0 Å². The summed E-state index contributed by atoms with van der Waals surface area (Å²) in [5, 5.41) is 12.6. The topological polar surface area (TPSA) is 49.3 Å². The van der Waals surface area contributed by atoms with Crippen LogP contribution in [-0.4, -0.2) is 23.2 Å². The number of carbonyl (C=O) groups is 1. The fraction of sp³-hybridized carbons (Fsp3) is 0.909. The molecule has 0 saturated heterocycles. The van der Waals surface area contributed by atoms with Gasteiger partial charge >= 0.3 is 5.97 Å². The Morgan fingerprint density at radius 3 is 2.64 bits per heavy atom. The Balaban J connectivity index is 2.72. The summed E-state index contributed by atoms with van der Waals surface area (Å²) in [4.78, 5) is 11.2. The molecule has 0 amide bonds. The van der Waals surface area contributed by atoms with E-state index in [1.807, 2.05) is 6.92 Å². The van der Waals surface area contributed by atoms with E-state index in [4.69, 9.17) is 0 Å². The number of carboxylic acid groups (broad SMARTS) is 1. The van der Waals surface area contributed by atoms with Crippen molar-refractivity contribution in [2.24, 2.45) is 5.41 Å². The summed E-state index contributed by atoms with van der Waals surface area (Å²) in [5.41, 5.74) is -0.567. The van der Waals surface area contributed by atoms with E-state index in [-0.39, 0.29) is 6.04 Å². The van der Waals surface area contributed by atoms with Gasteiger partial charge < -0.3 is 10.4 Å². The highest BCUT2D eigenvalue weighted by Crippen LogP contribution is 2.36. The van der Waals surface area contributed by atoms with Crippen LogP contribution in [0.5, 0.6) is 0 Å². The SMILES string of the molecule is CC(C)NC1CCCCC1(C)C(=O)O. The second kappa shape index (κ2) is 4.30. The van der Waals surface area contributed by atoms with Crippen molar-refractivity contribution in [3.8, 4) is 0 Å². The number of hydrogen-bond acceptors (Lipinski definition) is 2. The summed E-state index contributed by atoms with van der Waals surface area (Å²) < 4.78 is 0. The van der Waals surface area contributed by atoms with Crippen molar-refractivity contribution in [3.05, 3.63) is 0 Å². The highest BCUT2D eigenvalue weighted by molar-refractivity contribution is 5.75. The average Bonchev–Trinajstić information content (AvgIpc) is 2.08. The van der Waals surface area contributed by atoms with E-state index >= 15 is 0 Å².